The number of nitrogens with one attached hydrogen (secondary N) is 1. The van der Waals surface area contributed by atoms with Crippen molar-refractivity contribution in [2.75, 3.05) is 5.32 Å². The van der Waals surface area contributed by atoms with Crippen molar-refractivity contribution in [1.82, 2.24) is 4.98 Å². The monoisotopic (exact) mass is 282 g/mol. The molecule has 0 aliphatic heterocycles. The summed E-state index contributed by atoms with van der Waals surface area (Å²) in [4.78, 5) is 26.7. The Balaban J connectivity index is 2.07. The van der Waals surface area contributed by atoms with E-state index in [1.54, 1.807) is 54.9 Å². The molecule has 0 aliphatic carbocycles. The Kier molecular flexibility index (Phi) is 4.82. The van der Waals surface area contributed by atoms with Gasteiger partial charge in [0.1, 0.15) is 5.75 Å². The Labute approximate surface area is 122 Å². The van der Waals surface area contributed by atoms with Crippen molar-refractivity contribution in [1.29, 1.82) is 0 Å². The van der Waals surface area contributed by atoms with Gasteiger partial charge in [-0.15, -0.1) is 0 Å². The average molecular weight is 282 g/mol. The number of para-hydroxylation sites is 1. The molecule has 0 saturated carbocycles. The van der Waals surface area contributed by atoms with Crippen molar-refractivity contribution in [3.8, 4) is 5.75 Å². The molecule has 0 saturated heterocycles. The first-order valence-electron chi connectivity index (χ1n) is 6.31. The van der Waals surface area contributed by atoms with Crippen LogP contribution in [0.15, 0.2) is 54.9 Å². The van der Waals surface area contributed by atoms with Crippen LogP contribution in [0, 0.1) is 0 Å². The number of esters is 1. The number of anilines is 1. The molecule has 1 aromatic heterocycles. The molecule has 0 unspecified atom stereocenters. The number of rotatable bonds is 4. The smallest absolute Gasteiger partial charge is 0.308 e. The molecule has 1 amide bonds. The van der Waals surface area contributed by atoms with Crippen molar-refractivity contribution in [3.05, 3.63) is 60.4 Å². The summed E-state index contributed by atoms with van der Waals surface area (Å²) in [6.07, 6.45) is 6.15. The highest BCUT2D eigenvalue weighted by atomic mass is 16.5. The zero-order valence-electron chi connectivity index (χ0n) is 11.4. The van der Waals surface area contributed by atoms with Gasteiger partial charge in [0.2, 0.25) is 5.91 Å². The zero-order valence-corrected chi connectivity index (χ0v) is 11.4. The Hall–Kier alpha value is -2.95. The largest absolute Gasteiger partial charge is 0.426 e. The Morgan fingerprint density at radius 2 is 1.86 bits per heavy atom. The number of ether oxygens (including phenoxy) is 1. The normalized spacial score (nSPS) is 10.3. The minimum atomic E-state index is -0.405. The SMILES string of the molecule is CC(=O)Oc1ccccc1/C=C/C(=O)Nc1ccncc1. The van der Waals surface area contributed by atoms with Crippen LogP contribution in [-0.4, -0.2) is 16.9 Å². The molecule has 0 radical (unpaired) electrons. The van der Waals surface area contributed by atoms with E-state index in [4.69, 9.17) is 4.74 Å². The first-order chi connectivity index (χ1) is 10.1. The molecule has 106 valence electrons. The van der Waals surface area contributed by atoms with Gasteiger partial charge in [-0.1, -0.05) is 18.2 Å². The third kappa shape index (κ3) is 4.58. The summed E-state index contributed by atoms with van der Waals surface area (Å²) in [5.41, 5.74) is 1.31. The number of hydrogen-bond donors (Lipinski definition) is 1. The lowest BCUT2D eigenvalue weighted by Crippen LogP contribution is -2.07. The lowest BCUT2D eigenvalue weighted by Gasteiger charge is -2.05. The van der Waals surface area contributed by atoms with Crippen LogP contribution in [-0.2, 0) is 9.59 Å². The van der Waals surface area contributed by atoms with Gasteiger partial charge in [0.25, 0.3) is 0 Å². The highest BCUT2D eigenvalue weighted by molar-refractivity contribution is 6.02. The molecule has 0 fully saturated rings. The van der Waals surface area contributed by atoms with E-state index in [9.17, 15) is 9.59 Å². The molecule has 5 nitrogen and oxygen atoms in total. The molecule has 0 spiro atoms. The summed E-state index contributed by atoms with van der Waals surface area (Å²) in [7, 11) is 0. The highest BCUT2D eigenvalue weighted by Gasteiger charge is 2.03. The van der Waals surface area contributed by atoms with E-state index in [1.807, 2.05) is 0 Å². The third-order valence-corrected chi connectivity index (χ3v) is 2.53. The molecule has 0 aliphatic rings. The molecule has 1 heterocycles. The van der Waals surface area contributed by atoms with Crippen molar-refractivity contribution in [3.63, 3.8) is 0 Å². The zero-order chi connectivity index (χ0) is 15.1. The van der Waals surface area contributed by atoms with Gasteiger partial charge < -0.3 is 10.1 Å². The van der Waals surface area contributed by atoms with Crippen LogP contribution in [0.25, 0.3) is 6.08 Å². The van der Waals surface area contributed by atoms with Crippen LogP contribution >= 0.6 is 0 Å². The fourth-order valence-electron chi connectivity index (χ4n) is 1.65. The summed E-state index contributed by atoms with van der Waals surface area (Å²) < 4.78 is 5.07. The number of pyridine rings is 1. The Morgan fingerprint density at radius 3 is 2.57 bits per heavy atom. The van der Waals surface area contributed by atoms with Crippen molar-refractivity contribution in [2.24, 2.45) is 0 Å². The molecule has 0 atom stereocenters. The van der Waals surface area contributed by atoms with Crippen molar-refractivity contribution >= 4 is 23.6 Å². The van der Waals surface area contributed by atoms with E-state index in [1.165, 1.54) is 13.0 Å². The minimum absolute atomic E-state index is 0.279. The maximum absolute atomic E-state index is 11.8. The minimum Gasteiger partial charge on any atom is -0.426 e. The standard InChI is InChI=1S/C16H14N2O3/c1-12(19)21-15-5-3-2-4-13(15)6-7-16(20)18-14-8-10-17-11-9-14/h2-11H,1H3,(H,17,18,20)/b7-6+. The maximum atomic E-state index is 11.8. The van der Waals surface area contributed by atoms with Crippen LogP contribution in [0.4, 0.5) is 5.69 Å². The van der Waals surface area contributed by atoms with Gasteiger partial charge in [-0.05, 0) is 24.3 Å². The molecular weight excluding hydrogens is 268 g/mol. The molecule has 2 aromatic rings. The van der Waals surface area contributed by atoms with E-state index in [2.05, 4.69) is 10.3 Å². The first-order valence-corrected chi connectivity index (χ1v) is 6.31. The van der Waals surface area contributed by atoms with E-state index in [0.29, 0.717) is 17.0 Å². The molecule has 1 aromatic carbocycles. The van der Waals surface area contributed by atoms with Gasteiger partial charge >= 0.3 is 5.97 Å². The molecule has 21 heavy (non-hydrogen) atoms. The van der Waals surface area contributed by atoms with E-state index < -0.39 is 5.97 Å². The second-order valence-corrected chi connectivity index (χ2v) is 4.19. The Morgan fingerprint density at radius 1 is 1.14 bits per heavy atom. The van der Waals surface area contributed by atoms with Gasteiger partial charge in [-0.25, -0.2) is 0 Å². The number of amides is 1. The summed E-state index contributed by atoms with van der Waals surface area (Å²) in [6.45, 7) is 1.33. The van der Waals surface area contributed by atoms with Gasteiger partial charge in [-0.2, -0.15) is 0 Å². The fourth-order valence-corrected chi connectivity index (χ4v) is 1.65. The lowest BCUT2D eigenvalue weighted by molar-refractivity contribution is -0.131. The summed E-state index contributed by atoms with van der Waals surface area (Å²) >= 11 is 0. The van der Waals surface area contributed by atoms with Crippen molar-refractivity contribution < 1.29 is 14.3 Å². The summed E-state index contributed by atoms with van der Waals surface area (Å²) in [5.74, 6) is -0.270. The molecule has 0 bridgehead atoms. The maximum Gasteiger partial charge on any atom is 0.308 e. The Bertz CT molecular complexity index is 666. The van der Waals surface area contributed by atoms with Gasteiger partial charge in [-0.3, -0.25) is 14.6 Å². The number of carbonyl (C=O) groups is 2. The molecule has 5 heteroatoms. The number of benzene rings is 1. The molecule has 1 N–H and O–H groups in total. The van der Waals surface area contributed by atoms with Crippen LogP contribution < -0.4 is 10.1 Å². The lowest BCUT2D eigenvalue weighted by atomic mass is 10.2. The van der Waals surface area contributed by atoms with E-state index in [-0.39, 0.29) is 5.91 Å². The number of carbonyl (C=O) groups excluding carboxylic acids is 2. The van der Waals surface area contributed by atoms with Crippen LogP contribution in [0.3, 0.4) is 0 Å². The fraction of sp³-hybridized carbons (Fsp3) is 0.0625. The van der Waals surface area contributed by atoms with Gasteiger partial charge in [0, 0.05) is 36.6 Å². The third-order valence-electron chi connectivity index (χ3n) is 2.53. The van der Waals surface area contributed by atoms with Crippen molar-refractivity contribution in [2.45, 2.75) is 6.92 Å². The van der Waals surface area contributed by atoms with Gasteiger partial charge in [0.15, 0.2) is 0 Å². The number of nitrogens with zero attached hydrogens (tertiary/aromatic N) is 1. The summed E-state index contributed by atoms with van der Waals surface area (Å²) in [6, 6.07) is 10.4. The average Bonchev–Trinajstić information content (AvgIpc) is 2.47. The quantitative estimate of drug-likeness (QED) is 0.532. The van der Waals surface area contributed by atoms with Crippen LogP contribution in [0.5, 0.6) is 5.75 Å². The second-order valence-electron chi connectivity index (χ2n) is 4.19. The topological polar surface area (TPSA) is 68.3 Å². The molecule has 2 rings (SSSR count). The first kappa shape index (κ1) is 14.5. The van der Waals surface area contributed by atoms with E-state index >= 15 is 0 Å². The van der Waals surface area contributed by atoms with Gasteiger partial charge in [0.05, 0.1) is 0 Å². The number of hydrogen-bond acceptors (Lipinski definition) is 4. The van der Waals surface area contributed by atoms with E-state index in [0.717, 1.165) is 0 Å². The highest BCUT2D eigenvalue weighted by Crippen LogP contribution is 2.19. The van der Waals surface area contributed by atoms with Crippen LogP contribution in [0.2, 0.25) is 0 Å². The predicted octanol–water partition coefficient (Wildman–Crippen LogP) is 2.66. The second kappa shape index (κ2) is 7.00. The molecular formula is C16H14N2O3. The van der Waals surface area contributed by atoms with Crippen LogP contribution in [0.1, 0.15) is 12.5 Å². The summed E-state index contributed by atoms with van der Waals surface area (Å²) in [5, 5.41) is 2.70. The number of aromatic nitrogens is 1. The predicted molar refractivity (Wildman–Crippen MR) is 79.7 cm³/mol.